The number of hydrogen-bond acceptors (Lipinski definition) is 18. The number of carbonyl (C=O) groups is 2. The molecule has 3 aliphatic heterocycles. The van der Waals surface area contributed by atoms with Gasteiger partial charge in [0.05, 0.1) is 72.2 Å². The van der Waals surface area contributed by atoms with Crippen molar-refractivity contribution in [1.82, 2.24) is 35.9 Å². The number of aromatic nitrogens is 4. The minimum Gasteiger partial charge on any atom is -0.481 e. The number of nitrogens with zero attached hydrogens (tertiary/aromatic N) is 2. The molecule has 92 heavy (non-hydrogen) atoms. The largest absolute Gasteiger partial charge is 0.481 e. The smallest absolute Gasteiger partial charge is 0.310 e. The second-order valence-corrected chi connectivity index (χ2v) is 33.0. The fourth-order valence-corrected chi connectivity index (χ4v) is 25.0. The first-order valence-corrected chi connectivity index (χ1v) is 35.4. The highest BCUT2D eigenvalue weighted by molar-refractivity contribution is 5.87. The molecule has 22 nitrogen and oxygen atoms in total. The van der Waals surface area contributed by atoms with Crippen molar-refractivity contribution in [2.24, 2.45) is 109 Å². The van der Waals surface area contributed by atoms with Crippen LogP contribution < -0.4 is 27.0 Å². The van der Waals surface area contributed by atoms with Crippen LogP contribution in [0.3, 0.4) is 0 Å². The van der Waals surface area contributed by atoms with Crippen LogP contribution >= 0.6 is 0 Å². The summed E-state index contributed by atoms with van der Waals surface area (Å²) in [7, 11) is 0. The van der Waals surface area contributed by atoms with Crippen LogP contribution in [0.25, 0.3) is 0 Å². The monoisotopic (exact) mass is 1280 g/mol. The van der Waals surface area contributed by atoms with Gasteiger partial charge in [-0.25, -0.2) is 9.97 Å². The van der Waals surface area contributed by atoms with Crippen molar-refractivity contribution < 1.29 is 65.0 Å². The number of amides is 1. The van der Waals surface area contributed by atoms with E-state index < -0.39 is 147 Å². The number of aromatic amines is 2. The molecule has 9 aliphatic carbocycles. The van der Waals surface area contributed by atoms with Gasteiger partial charge in [0.2, 0.25) is 5.91 Å². The van der Waals surface area contributed by atoms with E-state index in [0.29, 0.717) is 88.7 Å². The van der Waals surface area contributed by atoms with Crippen LogP contribution in [0.2, 0.25) is 0 Å². The molecule has 22 heteroatoms. The number of aliphatic hydroxyl groups is 8. The molecule has 0 radical (unpaired) electrons. The number of aliphatic carboxylic acids is 1. The van der Waals surface area contributed by atoms with Crippen LogP contribution in [-0.4, -0.2) is 185 Å². The highest BCUT2D eigenvalue weighted by Gasteiger charge is 2.81. The summed E-state index contributed by atoms with van der Waals surface area (Å²) in [6.45, 7) is 12.1. The summed E-state index contributed by atoms with van der Waals surface area (Å²) in [6.07, 6.45) is 12.9. The maximum absolute atomic E-state index is 15.8. The number of nitrogens with two attached hydrogens (primary N) is 1. The number of aliphatic hydroxyl groups excluding tert-OH is 8. The molecule has 14 rings (SSSR count). The molecule has 28 unspecified atom stereocenters. The molecule has 2 bridgehead atoms. The van der Waals surface area contributed by atoms with Crippen LogP contribution in [0.5, 0.6) is 0 Å². The Hall–Kier alpha value is -3.88. The molecule has 0 aromatic carbocycles. The number of carboxylic acids is 1. The maximum atomic E-state index is 15.8. The zero-order valence-electron chi connectivity index (χ0n) is 54.7. The lowest BCUT2D eigenvalue weighted by molar-refractivity contribution is -0.350. The second kappa shape index (κ2) is 23.7. The van der Waals surface area contributed by atoms with Crippen LogP contribution in [0.15, 0.2) is 42.7 Å². The fourth-order valence-electron chi connectivity index (χ4n) is 25.0. The van der Waals surface area contributed by atoms with E-state index in [9.17, 15) is 50.8 Å². The second-order valence-electron chi connectivity index (χ2n) is 33.0. The Kier molecular flexibility index (Phi) is 16.8. The molecule has 510 valence electrons. The van der Waals surface area contributed by atoms with Crippen LogP contribution in [0, 0.1) is 103 Å². The van der Waals surface area contributed by atoms with E-state index >= 15 is 4.79 Å². The van der Waals surface area contributed by atoms with E-state index in [1.54, 1.807) is 18.9 Å². The summed E-state index contributed by atoms with van der Waals surface area (Å²) >= 11 is 0. The zero-order chi connectivity index (χ0) is 64.9. The van der Waals surface area contributed by atoms with Crippen molar-refractivity contribution >= 4 is 17.7 Å². The number of ether oxygens (including phenoxy) is 2. The number of carbonyl (C=O) groups excluding carboxylic acids is 1. The quantitative estimate of drug-likeness (QED) is 0.0494. The molecular weight excluding hydrogens is 1170 g/mol. The molecule has 2 aromatic rings. The normalized spacial score (nSPS) is 48.4. The fraction of sp³-hybridized carbons (Fsp3) is 0.829. The Morgan fingerprint density at radius 2 is 1.68 bits per heavy atom. The Labute approximate surface area is 540 Å². The average Bonchev–Trinajstić information content (AvgIpc) is 0.823. The van der Waals surface area contributed by atoms with E-state index in [0.717, 1.165) is 56.5 Å². The molecular formula is C70H107N9O13. The van der Waals surface area contributed by atoms with Gasteiger partial charge in [0, 0.05) is 68.0 Å². The van der Waals surface area contributed by atoms with Gasteiger partial charge in [-0.1, -0.05) is 90.5 Å². The SMILES string of the molecule is CC1CCCC(NCCNCC(C(N)O)C(O)C2(c3cnc[nH]3)C=CC(C3C(O)C(OC4OCC(O)C(O)C4O)C(C)(CO)C4CCC56CCCC(C=C7C8CC(C)(CO)CCC8(C(=O)O)C8CNc9nc[nH]c9CC8C75C)C6C34C)C3C2NC(=O)C32CCCC2)C1. The van der Waals surface area contributed by atoms with Gasteiger partial charge in [-0.3, -0.25) is 9.59 Å². The van der Waals surface area contributed by atoms with Gasteiger partial charge in [0.25, 0.3) is 0 Å². The predicted molar refractivity (Wildman–Crippen MR) is 339 cm³/mol. The van der Waals surface area contributed by atoms with Gasteiger partial charge in [-0.2, -0.15) is 0 Å². The number of rotatable bonds is 16. The molecule has 9 fully saturated rings. The van der Waals surface area contributed by atoms with Crippen LogP contribution in [0.4, 0.5) is 5.82 Å². The Morgan fingerprint density at radius 1 is 0.891 bits per heavy atom. The molecule has 28 atom stereocenters. The lowest BCUT2D eigenvalue weighted by Gasteiger charge is -2.78. The van der Waals surface area contributed by atoms with Gasteiger partial charge in [-0.05, 0) is 152 Å². The number of H-pyrrole nitrogens is 2. The van der Waals surface area contributed by atoms with Gasteiger partial charge >= 0.3 is 5.97 Å². The third-order valence-corrected chi connectivity index (χ3v) is 29.1. The zero-order valence-corrected chi connectivity index (χ0v) is 54.7. The predicted octanol–water partition coefficient (Wildman–Crippen LogP) is 3.61. The first kappa shape index (κ1) is 65.4. The van der Waals surface area contributed by atoms with E-state index in [2.05, 4.69) is 76.1 Å². The highest BCUT2D eigenvalue weighted by Crippen LogP contribution is 2.83. The first-order valence-electron chi connectivity index (χ1n) is 35.4. The van der Waals surface area contributed by atoms with Crippen molar-refractivity contribution in [2.75, 3.05) is 51.3 Å². The molecule has 5 heterocycles. The lowest BCUT2D eigenvalue weighted by Crippen LogP contribution is -2.77. The van der Waals surface area contributed by atoms with Crippen molar-refractivity contribution in [3.8, 4) is 0 Å². The lowest BCUT2D eigenvalue weighted by atomic mass is 9.25. The Balaban J connectivity index is 0.951. The summed E-state index contributed by atoms with van der Waals surface area (Å²) in [5, 5.41) is 124. The van der Waals surface area contributed by atoms with Crippen molar-refractivity contribution in [3.63, 3.8) is 0 Å². The number of imidazole rings is 2. The summed E-state index contributed by atoms with van der Waals surface area (Å²) in [4.78, 5) is 46.8. The van der Waals surface area contributed by atoms with E-state index in [1.165, 1.54) is 18.4 Å². The number of fused-ring (bicyclic) bond motifs is 10. The van der Waals surface area contributed by atoms with Gasteiger partial charge in [0.1, 0.15) is 30.4 Å². The van der Waals surface area contributed by atoms with E-state index in [-0.39, 0.29) is 49.3 Å². The Bertz CT molecular complexity index is 3110. The molecule has 2 saturated heterocycles. The summed E-state index contributed by atoms with van der Waals surface area (Å²) in [6, 6.07) is -0.427. The van der Waals surface area contributed by atoms with Crippen molar-refractivity contribution in [3.05, 3.63) is 54.0 Å². The van der Waals surface area contributed by atoms with Gasteiger partial charge < -0.3 is 92.4 Å². The molecule has 17 N–H and O–H groups in total. The molecule has 1 amide bonds. The van der Waals surface area contributed by atoms with Gasteiger partial charge in [0.15, 0.2) is 6.29 Å². The number of nitrogens with one attached hydrogen (secondary N) is 6. The number of anilines is 1. The Morgan fingerprint density at radius 3 is 2.40 bits per heavy atom. The van der Waals surface area contributed by atoms with E-state index in [1.807, 2.05) is 13.0 Å². The maximum Gasteiger partial charge on any atom is 0.310 e. The van der Waals surface area contributed by atoms with E-state index in [4.69, 9.17) is 20.2 Å². The third kappa shape index (κ3) is 9.22. The molecule has 7 saturated carbocycles. The summed E-state index contributed by atoms with van der Waals surface area (Å²) in [5.74, 6) is -4.24. The van der Waals surface area contributed by atoms with Crippen LogP contribution in [-0.2, 0) is 30.9 Å². The average molecular weight is 1280 g/mol. The number of carboxylic acid groups (broad SMARTS) is 1. The highest BCUT2D eigenvalue weighted by atomic mass is 16.7. The molecule has 1 spiro atoms. The summed E-state index contributed by atoms with van der Waals surface area (Å²) in [5.41, 5.74) is 1.79. The number of allylic oxidation sites excluding steroid dienone is 3. The topological polar surface area (TPSA) is 366 Å². The summed E-state index contributed by atoms with van der Waals surface area (Å²) < 4.78 is 13.1. The number of hydrogen-bond donors (Lipinski definition) is 16. The van der Waals surface area contributed by atoms with Crippen molar-refractivity contribution in [1.29, 1.82) is 0 Å². The van der Waals surface area contributed by atoms with Crippen molar-refractivity contribution in [2.45, 2.75) is 210 Å². The first-order chi connectivity index (χ1) is 44.0. The van der Waals surface area contributed by atoms with Crippen LogP contribution in [0.1, 0.15) is 149 Å². The minimum absolute atomic E-state index is 0.0670. The standard InChI is InChI=1S/C70H107N9O13/c1-36-10-8-12-38(24-36)74-23-22-72-28-40(58(71)87)56(86)70(48-30-73-34-77-48)19-13-39(50-55(70)79-61(88)67(50)15-6-7-16-67)49-52(84)57(92-60-53(85)51(83)46(82)31-91-60)64(3,33-81)47-14-18-68-17-9-11-37(54(68)65(47,49)4)25-41-43-27-63(2,32-80)20-21-69(43,62(89)90)44-29-75-59-45(76-35-78-59)26-42(44)66(41,68)5/h13,19,25,30,34-40,42-44,46-47,49-58,60,72,74-75,80-87H,6-12,14-18,20-24,26-29,31-33,71H2,1-5H3,(H,73,77)(H,76,78)(H,79,88)(H,89,90). The third-order valence-electron chi connectivity index (χ3n) is 29.1. The minimum atomic E-state index is -1.71. The van der Waals surface area contributed by atoms with Gasteiger partial charge in [-0.15, -0.1) is 0 Å². The molecule has 2 aromatic heterocycles. The molecule has 12 aliphatic rings.